The minimum Gasteiger partial charge on any atom is -0.455 e. The molecule has 3 heteroatoms. The number of fused-ring (bicyclic) bond motifs is 3. The molecule has 0 atom stereocenters. The van der Waals surface area contributed by atoms with Crippen molar-refractivity contribution in [2.24, 2.45) is 0 Å². The number of allylic oxidation sites excluding steroid dienone is 3. The van der Waals surface area contributed by atoms with Gasteiger partial charge >= 0.3 is 0 Å². The molecule has 1 aromatic heterocycles. The van der Waals surface area contributed by atoms with Crippen LogP contribution in [0.4, 0.5) is 0 Å². The van der Waals surface area contributed by atoms with Crippen LogP contribution in [0, 0.1) is 18.3 Å². The standard InChI is InChI=1S/C20H14INO/c1-12-8-9-21-16(10-12)18-13(2)6-7-17-19(18)15-5-3-4-14(11-22)20(15)23-17/h3-10H,1-2H3. The van der Waals surface area contributed by atoms with Crippen molar-refractivity contribution in [3.05, 3.63) is 68.8 Å². The summed E-state index contributed by atoms with van der Waals surface area (Å²) in [5.74, 6) is 0. The molecule has 4 rings (SSSR count). The van der Waals surface area contributed by atoms with E-state index in [-0.39, 0.29) is 20.7 Å². The van der Waals surface area contributed by atoms with Crippen LogP contribution in [0.5, 0.6) is 0 Å². The average molecular weight is 411 g/mol. The molecular weight excluding hydrogens is 397 g/mol. The maximum absolute atomic E-state index is 9.34. The SMILES string of the molecule is CC1=CC(c2c(C)ccc3oc4c(C#N)cccc4c23)=IC=C1. The van der Waals surface area contributed by atoms with E-state index < -0.39 is 0 Å². The van der Waals surface area contributed by atoms with Crippen LogP contribution >= 0.6 is 20.7 Å². The van der Waals surface area contributed by atoms with E-state index >= 15 is 0 Å². The summed E-state index contributed by atoms with van der Waals surface area (Å²) in [4.78, 5) is 0. The third-order valence-electron chi connectivity index (χ3n) is 4.09. The molecular formula is C20H14INO. The summed E-state index contributed by atoms with van der Waals surface area (Å²) in [5, 5.41) is 11.5. The van der Waals surface area contributed by atoms with Crippen molar-refractivity contribution >= 4 is 46.2 Å². The number of furan rings is 1. The normalized spacial score (nSPS) is 14.3. The molecule has 3 aromatic rings. The number of hydrogen-bond donors (Lipinski definition) is 0. The number of benzene rings is 2. The van der Waals surface area contributed by atoms with Gasteiger partial charge in [0.1, 0.15) is 11.7 Å². The van der Waals surface area contributed by atoms with E-state index in [1.54, 1.807) is 0 Å². The Bertz CT molecular complexity index is 1090. The van der Waals surface area contributed by atoms with Crippen molar-refractivity contribution in [1.82, 2.24) is 0 Å². The Morgan fingerprint density at radius 2 is 2.00 bits per heavy atom. The van der Waals surface area contributed by atoms with Crippen LogP contribution in [0.3, 0.4) is 0 Å². The maximum atomic E-state index is 9.34. The number of aryl methyl sites for hydroxylation is 1. The molecule has 0 saturated carbocycles. The molecule has 2 heterocycles. The van der Waals surface area contributed by atoms with Crippen LogP contribution in [0.1, 0.15) is 23.6 Å². The van der Waals surface area contributed by atoms with Gasteiger partial charge in [0.25, 0.3) is 0 Å². The number of para-hydroxylation sites is 1. The number of hydrogen-bond acceptors (Lipinski definition) is 2. The van der Waals surface area contributed by atoms with Gasteiger partial charge in [0, 0.05) is 19.8 Å². The molecule has 0 fully saturated rings. The highest BCUT2D eigenvalue weighted by molar-refractivity contribution is 14.2. The highest BCUT2D eigenvalue weighted by Gasteiger charge is 2.17. The van der Waals surface area contributed by atoms with E-state index in [4.69, 9.17) is 4.42 Å². The second-order valence-corrected chi connectivity index (χ2v) is 8.17. The summed E-state index contributed by atoms with van der Waals surface area (Å²) in [6, 6.07) is 12.2. The highest BCUT2D eigenvalue weighted by atomic mass is 127. The lowest BCUT2D eigenvalue weighted by atomic mass is 9.97. The van der Waals surface area contributed by atoms with Gasteiger partial charge in [-0.3, -0.25) is 0 Å². The van der Waals surface area contributed by atoms with E-state index in [0.29, 0.717) is 11.1 Å². The van der Waals surface area contributed by atoms with Crippen molar-refractivity contribution in [3.8, 4) is 6.07 Å². The first kappa shape index (κ1) is 14.4. The summed E-state index contributed by atoms with van der Waals surface area (Å²) in [7, 11) is 0. The van der Waals surface area contributed by atoms with Gasteiger partial charge < -0.3 is 4.42 Å². The predicted octanol–water partition coefficient (Wildman–Crippen LogP) is 5.73. The molecule has 0 aliphatic carbocycles. The molecule has 0 unspecified atom stereocenters. The van der Waals surface area contributed by atoms with Crippen molar-refractivity contribution in [2.75, 3.05) is 0 Å². The van der Waals surface area contributed by atoms with Crippen LogP contribution in [0.25, 0.3) is 21.9 Å². The van der Waals surface area contributed by atoms with Crippen LogP contribution in [-0.4, -0.2) is 3.51 Å². The van der Waals surface area contributed by atoms with Gasteiger partial charge in [0.05, 0.1) is 5.56 Å². The van der Waals surface area contributed by atoms with Crippen molar-refractivity contribution in [1.29, 1.82) is 5.26 Å². The summed E-state index contributed by atoms with van der Waals surface area (Å²) in [5.41, 5.74) is 5.98. The fourth-order valence-corrected chi connectivity index (χ4v) is 5.81. The summed E-state index contributed by atoms with van der Waals surface area (Å²) in [6.07, 6.45) is 4.50. The van der Waals surface area contributed by atoms with Gasteiger partial charge in [0.15, 0.2) is 5.58 Å². The Morgan fingerprint density at radius 3 is 2.78 bits per heavy atom. The topological polar surface area (TPSA) is 36.9 Å². The van der Waals surface area contributed by atoms with Crippen molar-refractivity contribution < 1.29 is 4.42 Å². The quantitative estimate of drug-likeness (QED) is 0.480. The Hall–Kier alpha value is -2.19. The van der Waals surface area contributed by atoms with Crippen molar-refractivity contribution in [3.63, 3.8) is 0 Å². The number of halogens is 1. The molecule has 0 radical (unpaired) electrons. The highest BCUT2D eigenvalue weighted by Crippen LogP contribution is 2.36. The maximum Gasteiger partial charge on any atom is 0.153 e. The summed E-state index contributed by atoms with van der Waals surface area (Å²) < 4.78 is 9.75. The molecule has 0 N–H and O–H groups in total. The van der Waals surface area contributed by atoms with Gasteiger partial charge in [-0.2, -0.15) is 5.26 Å². The molecule has 2 aromatic carbocycles. The molecule has 112 valence electrons. The van der Waals surface area contributed by atoms with E-state index in [0.717, 1.165) is 16.4 Å². The zero-order valence-electron chi connectivity index (χ0n) is 12.9. The molecule has 1 aliphatic rings. The fourth-order valence-electron chi connectivity index (χ4n) is 2.99. The second kappa shape index (κ2) is 5.47. The Kier molecular flexibility index (Phi) is 3.42. The molecule has 0 saturated heterocycles. The summed E-state index contributed by atoms with van der Waals surface area (Å²) >= 11 is -0.145. The van der Waals surface area contributed by atoms with Gasteiger partial charge in [0.2, 0.25) is 0 Å². The minimum absolute atomic E-state index is 0.145. The molecule has 23 heavy (non-hydrogen) atoms. The first-order valence-electron chi connectivity index (χ1n) is 7.39. The Balaban J connectivity index is 2.16. The zero-order chi connectivity index (χ0) is 16.0. The lowest BCUT2D eigenvalue weighted by Crippen LogP contribution is -2.00. The first-order valence-corrected chi connectivity index (χ1v) is 9.72. The van der Waals surface area contributed by atoms with E-state index in [9.17, 15) is 5.26 Å². The number of nitrogens with zero attached hydrogens (tertiary/aromatic N) is 1. The second-order valence-electron chi connectivity index (χ2n) is 5.66. The first-order chi connectivity index (χ1) is 11.2. The van der Waals surface area contributed by atoms with Crippen LogP contribution < -0.4 is 0 Å². The minimum atomic E-state index is -0.145. The third-order valence-corrected chi connectivity index (χ3v) is 6.33. The van der Waals surface area contributed by atoms with E-state index in [2.05, 4.69) is 48.3 Å². The third kappa shape index (κ3) is 2.25. The van der Waals surface area contributed by atoms with Gasteiger partial charge in [-0.1, -0.05) is 45.0 Å². The zero-order valence-corrected chi connectivity index (χ0v) is 15.0. The van der Waals surface area contributed by atoms with Crippen LogP contribution in [0.2, 0.25) is 0 Å². The number of rotatable bonds is 1. The smallest absolute Gasteiger partial charge is 0.153 e. The predicted molar refractivity (Wildman–Crippen MR) is 104 cm³/mol. The molecule has 0 amide bonds. The van der Waals surface area contributed by atoms with Crippen LogP contribution in [-0.2, 0) is 0 Å². The Morgan fingerprint density at radius 1 is 1.13 bits per heavy atom. The largest absolute Gasteiger partial charge is 0.455 e. The monoisotopic (exact) mass is 411 g/mol. The molecule has 0 spiro atoms. The van der Waals surface area contributed by atoms with E-state index in [1.807, 2.05) is 18.2 Å². The van der Waals surface area contributed by atoms with E-state index in [1.165, 1.54) is 20.2 Å². The number of nitriles is 1. The fraction of sp³-hybridized carbons (Fsp3) is 0.100. The lowest BCUT2D eigenvalue weighted by Gasteiger charge is -2.11. The molecule has 0 bridgehead atoms. The van der Waals surface area contributed by atoms with Crippen LogP contribution in [0.15, 0.2) is 56.6 Å². The van der Waals surface area contributed by atoms with Gasteiger partial charge in [-0.05, 0) is 47.3 Å². The Labute approximate surface area is 144 Å². The van der Waals surface area contributed by atoms with Gasteiger partial charge in [-0.25, -0.2) is 0 Å². The summed E-state index contributed by atoms with van der Waals surface area (Å²) in [6.45, 7) is 4.29. The van der Waals surface area contributed by atoms with Crippen molar-refractivity contribution in [2.45, 2.75) is 13.8 Å². The van der Waals surface area contributed by atoms with Gasteiger partial charge in [-0.15, -0.1) is 0 Å². The molecule has 1 aliphatic heterocycles. The lowest BCUT2D eigenvalue weighted by molar-refractivity contribution is 0.667. The average Bonchev–Trinajstić information content (AvgIpc) is 2.93. The molecule has 2 nitrogen and oxygen atoms in total.